The summed E-state index contributed by atoms with van der Waals surface area (Å²) in [6, 6.07) is 7.78. The fraction of sp³-hybridized carbons (Fsp3) is 0.667. The van der Waals surface area contributed by atoms with Crippen molar-refractivity contribution in [2.45, 2.75) is 65.1 Å². The molecule has 1 fully saturated rings. The van der Waals surface area contributed by atoms with Crippen LogP contribution in [0.25, 0.3) is 0 Å². The number of hydrogen-bond acceptors (Lipinski definition) is 5. The van der Waals surface area contributed by atoms with Gasteiger partial charge in [-0.1, -0.05) is 12.1 Å². The van der Waals surface area contributed by atoms with E-state index >= 15 is 0 Å². The molecule has 1 atom stereocenters. The smallest absolute Gasteiger partial charge is 0.412 e. The highest BCUT2D eigenvalue weighted by atomic mass is 127. The van der Waals surface area contributed by atoms with Gasteiger partial charge < -0.3 is 24.8 Å². The Morgan fingerprint density at radius 3 is 2.61 bits per heavy atom. The Hall–Kier alpha value is -1.59. The van der Waals surface area contributed by atoms with Crippen molar-refractivity contribution in [1.82, 2.24) is 10.6 Å². The summed E-state index contributed by atoms with van der Waals surface area (Å²) in [5, 5.41) is 9.38. The highest BCUT2D eigenvalue weighted by Crippen LogP contribution is 2.13. The summed E-state index contributed by atoms with van der Waals surface area (Å²) in [5.41, 5.74) is 1.37. The molecule has 1 unspecified atom stereocenters. The van der Waals surface area contributed by atoms with Crippen LogP contribution in [0, 0.1) is 0 Å². The molecular formula is C24H41IN4O4. The zero-order valence-electron chi connectivity index (χ0n) is 20.4. The lowest BCUT2D eigenvalue weighted by Gasteiger charge is -2.19. The quantitative estimate of drug-likeness (QED) is 0.157. The Bertz CT molecular complexity index is 701. The normalized spacial score (nSPS) is 16.1. The van der Waals surface area contributed by atoms with Crippen LogP contribution in [-0.2, 0) is 20.6 Å². The first-order chi connectivity index (χ1) is 15.4. The topological polar surface area (TPSA) is 93.2 Å². The predicted octanol–water partition coefficient (Wildman–Crippen LogP) is 4.33. The van der Waals surface area contributed by atoms with E-state index in [4.69, 9.17) is 14.2 Å². The van der Waals surface area contributed by atoms with Crippen LogP contribution >= 0.6 is 24.0 Å². The minimum atomic E-state index is -0.515. The van der Waals surface area contributed by atoms with Gasteiger partial charge in [0.2, 0.25) is 0 Å². The first kappa shape index (κ1) is 29.4. The first-order valence-electron chi connectivity index (χ1n) is 11.7. The molecule has 1 aliphatic rings. The number of carbonyl (C=O) groups excluding carboxylic acids is 1. The van der Waals surface area contributed by atoms with E-state index in [0.29, 0.717) is 25.4 Å². The van der Waals surface area contributed by atoms with Gasteiger partial charge in [-0.2, -0.15) is 0 Å². The second-order valence-electron chi connectivity index (χ2n) is 8.82. The minimum absolute atomic E-state index is 0. The standard InChI is InChI=1S/C24H40N4O4.HI/c1-5-25-22(26-14-7-16-30-18-21-8-6-17-31-21)27-15-13-19-9-11-20(12-10-19)28-23(29)32-24(2,3)4;/h9-12,21H,5-8,13-18H2,1-4H3,(H,28,29)(H2,25,26,27);1H. The zero-order chi connectivity index (χ0) is 23.2. The van der Waals surface area contributed by atoms with E-state index in [9.17, 15) is 4.79 Å². The molecule has 1 aromatic carbocycles. The van der Waals surface area contributed by atoms with Gasteiger partial charge in [-0.25, -0.2) is 4.79 Å². The van der Waals surface area contributed by atoms with Gasteiger partial charge in [0, 0.05) is 38.5 Å². The molecule has 9 heteroatoms. The number of amides is 1. The summed E-state index contributed by atoms with van der Waals surface area (Å²) in [6.45, 7) is 12.1. The second-order valence-corrected chi connectivity index (χ2v) is 8.82. The summed E-state index contributed by atoms with van der Waals surface area (Å²) in [5.74, 6) is 0.815. The number of carbonyl (C=O) groups is 1. The lowest BCUT2D eigenvalue weighted by Crippen LogP contribution is -2.38. The molecule has 1 heterocycles. The van der Waals surface area contributed by atoms with Crippen molar-refractivity contribution >= 4 is 41.7 Å². The number of anilines is 1. The van der Waals surface area contributed by atoms with E-state index in [1.807, 2.05) is 45.0 Å². The van der Waals surface area contributed by atoms with Crippen molar-refractivity contribution in [1.29, 1.82) is 0 Å². The molecule has 0 bridgehead atoms. The average molecular weight is 577 g/mol. The molecule has 2 rings (SSSR count). The number of hydrogen-bond donors (Lipinski definition) is 3. The summed E-state index contributed by atoms with van der Waals surface area (Å²) in [4.78, 5) is 16.5. The Balaban J connectivity index is 0.00000544. The van der Waals surface area contributed by atoms with Gasteiger partial charge in [-0.3, -0.25) is 10.3 Å². The molecule has 0 radical (unpaired) electrons. The first-order valence-corrected chi connectivity index (χ1v) is 11.7. The van der Waals surface area contributed by atoms with Crippen LogP contribution in [0.3, 0.4) is 0 Å². The Morgan fingerprint density at radius 1 is 1.21 bits per heavy atom. The monoisotopic (exact) mass is 576 g/mol. The van der Waals surface area contributed by atoms with Crippen LogP contribution < -0.4 is 16.0 Å². The Kier molecular flexibility index (Phi) is 14.4. The van der Waals surface area contributed by atoms with E-state index in [1.54, 1.807) is 0 Å². The fourth-order valence-corrected chi connectivity index (χ4v) is 3.19. The van der Waals surface area contributed by atoms with Crippen molar-refractivity contribution in [3.8, 4) is 0 Å². The molecule has 0 spiro atoms. The third-order valence-electron chi connectivity index (χ3n) is 4.69. The number of rotatable bonds is 11. The maximum Gasteiger partial charge on any atom is 0.412 e. The van der Waals surface area contributed by atoms with Gasteiger partial charge in [-0.15, -0.1) is 24.0 Å². The lowest BCUT2D eigenvalue weighted by atomic mass is 10.1. The maximum absolute atomic E-state index is 11.8. The van der Waals surface area contributed by atoms with E-state index in [2.05, 4.69) is 27.9 Å². The summed E-state index contributed by atoms with van der Waals surface area (Å²) < 4.78 is 16.5. The minimum Gasteiger partial charge on any atom is -0.444 e. The van der Waals surface area contributed by atoms with Gasteiger partial charge in [0.25, 0.3) is 0 Å². The van der Waals surface area contributed by atoms with Gasteiger partial charge in [0.15, 0.2) is 5.96 Å². The Labute approximate surface area is 215 Å². The van der Waals surface area contributed by atoms with Crippen LogP contribution in [0.15, 0.2) is 29.3 Å². The molecule has 1 saturated heterocycles. The SMILES string of the molecule is CCNC(=NCCCOCC1CCCO1)NCCc1ccc(NC(=O)OC(C)(C)C)cc1.I. The Morgan fingerprint density at radius 2 is 1.97 bits per heavy atom. The molecule has 33 heavy (non-hydrogen) atoms. The molecule has 1 amide bonds. The van der Waals surface area contributed by atoms with Crippen LogP contribution in [0.1, 0.15) is 52.5 Å². The molecule has 0 aromatic heterocycles. The number of guanidine groups is 1. The second kappa shape index (κ2) is 16.1. The largest absolute Gasteiger partial charge is 0.444 e. The van der Waals surface area contributed by atoms with Crippen molar-refractivity contribution in [2.24, 2.45) is 4.99 Å². The predicted molar refractivity (Wildman–Crippen MR) is 144 cm³/mol. The zero-order valence-corrected chi connectivity index (χ0v) is 22.8. The van der Waals surface area contributed by atoms with Gasteiger partial charge in [-0.05, 0) is 71.1 Å². The van der Waals surface area contributed by atoms with E-state index in [1.165, 1.54) is 5.56 Å². The van der Waals surface area contributed by atoms with Crippen LogP contribution in [0.4, 0.5) is 10.5 Å². The molecular weight excluding hydrogens is 535 g/mol. The number of nitrogens with zero attached hydrogens (tertiary/aromatic N) is 1. The van der Waals surface area contributed by atoms with E-state index < -0.39 is 11.7 Å². The third-order valence-corrected chi connectivity index (χ3v) is 4.69. The van der Waals surface area contributed by atoms with Crippen LogP contribution in [-0.4, -0.2) is 63.2 Å². The molecule has 0 saturated carbocycles. The lowest BCUT2D eigenvalue weighted by molar-refractivity contribution is 0.0171. The highest BCUT2D eigenvalue weighted by molar-refractivity contribution is 14.0. The summed E-state index contributed by atoms with van der Waals surface area (Å²) in [6.07, 6.45) is 3.81. The van der Waals surface area contributed by atoms with E-state index in [-0.39, 0.29) is 30.1 Å². The average Bonchev–Trinajstić information content (AvgIpc) is 3.24. The maximum atomic E-state index is 11.8. The van der Waals surface area contributed by atoms with Crippen molar-refractivity contribution in [3.63, 3.8) is 0 Å². The molecule has 8 nitrogen and oxygen atoms in total. The molecule has 1 aromatic rings. The molecule has 3 N–H and O–H groups in total. The van der Waals surface area contributed by atoms with Gasteiger partial charge >= 0.3 is 6.09 Å². The molecule has 188 valence electrons. The van der Waals surface area contributed by atoms with Crippen LogP contribution in [0.5, 0.6) is 0 Å². The van der Waals surface area contributed by atoms with Gasteiger partial charge in [0.1, 0.15) is 5.60 Å². The summed E-state index contributed by atoms with van der Waals surface area (Å²) in [7, 11) is 0. The van der Waals surface area contributed by atoms with E-state index in [0.717, 1.165) is 51.3 Å². The van der Waals surface area contributed by atoms with Crippen molar-refractivity contribution in [2.75, 3.05) is 44.8 Å². The van der Waals surface area contributed by atoms with Crippen LogP contribution in [0.2, 0.25) is 0 Å². The number of aliphatic imine (C=N–C) groups is 1. The highest BCUT2D eigenvalue weighted by Gasteiger charge is 2.16. The molecule has 1 aliphatic heterocycles. The van der Waals surface area contributed by atoms with Crippen molar-refractivity contribution in [3.05, 3.63) is 29.8 Å². The summed E-state index contributed by atoms with van der Waals surface area (Å²) >= 11 is 0. The molecule has 0 aliphatic carbocycles. The number of ether oxygens (including phenoxy) is 3. The third kappa shape index (κ3) is 13.6. The number of benzene rings is 1. The van der Waals surface area contributed by atoms with Crippen molar-refractivity contribution < 1.29 is 19.0 Å². The fourth-order valence-electron chi connectivity index (χ4n) is 3.19. The number of nitrogens with one attached hydrogen (secondary N) is 3. The van der Waals surface area contributed by atoms with Gasteiger partial charge in [0.05, 0.1) is 12.7 Å². The number of halogens is 1.